The first-order valence-electron chi connectivity index (χ1n) is 4.16. The van der Waals surface area contributed by atoms with E-state index in [-0.39, 0.29) is 39.3 Å². The summed E-state index contributed by atoms with van der Waals surface area (Å²) >= 11 is 0. The number of allylic oxidation sites excluding steroid dienone is 1. The summed E-state index contributed by atoms with van der Waals surface area (Å²) in [6.45, 7) is 7.23. The number of hydrogen-bond donors (Lipinski definition) is 1. The first-order valence-corrected chi connectivity index (χ1v) is 4.16. The summed E-state index contributed by atoms with van der Waals surface area (Å²) in [5.41, 5.74) is 6.45. The van der Waals surface area contributed by atoms with E-state index in [0.29, 0.717) is 16.9 Å². The molecule has 0 saturated carbocycles. The monoisotopic (exact) mass is 279 g/mol. The molecule has 0 aliphatic heterocycles. The van der Waals surface area contributed by atoms with Gasteiger partial charge in [0, 0.05) is 32.7 Å². The van der Waals surface area contributed by atoms with Crippen LogP contribution in [0, 0.1) is 6.92 Å². The van der Waals surface area contributed by atoms with Gasteiger partial charge in [0.15, 0.2) is 0 Å². The van der Waals surface area contributed by atoms with Gasteiger partial charge in [0.05, 0.1) is 12.3 Å². The molecule has 3 nitrogen and oxygen atoms in total. The third-order valence-corrected chi connectivity index (χ3v) is 1.66. The van der Waals surface area contributed by atoms with Gasteiger partial charge in [-0.2, -0.15) is 19.1 Å². The van der Waals surface area contributed by atoms with E-state index < -0.39 is 5.97 Å². The molecule has 0 aromatic heterocycles. The van der Waals surface area contributed by atoms with Crippen molar-refractivity contribution in [3.63, 3.8) is 0 Å². The van der Waals surface area contributed by atoms with E-state index in [1.807, 2.05) is 6.07 Å². The van der Waals surface area contributed by atoms with Crippen LogP contribution < -0.4 is 10.5 Å². The van der Waals surface area contributed by atoms with Gasteiger partial charge in [-0.1, -0.05) is 17.7 Å². The third-order valence-electron chi connectivity index (χ3n) is 1.66. The number of nitrogens with two attached hydrogens (primary N) is 1. The summed E-state index contributed by atoms with van der Waals surface area (Å²) in [6, 6.07) is 7.06. The van der Waals surface area contributed by atoms with Crippen LogP contribution in [0.25, 0.3) is 5.57 Å². The molecule has 1 aromatic carbocycles. The van der Waals surface area contributed by atoms with Crippen molar-refractivity contribution in [1.82, 2.24) is 0 Å². The minimum absolute atomic E-state index is 0. The quantitative estimate of drug-likeness (QED) is 0.517. The largest absolute Gasteiger partial charge is 0.438 e. The van der Waals surface area contributed by atoms with Crippen LogP contribution in [-0.4, -0.2) is 12.5 Å². The third kappa shape index (κ3) is 4.16. The summed E-state index contributed by atoms with van der Waals surface area (Å²) in [7, 11) is 0. The average Bonchev–Trinajstić information content (AvgIpc) is 2.18. The van der Waals surface area contributed by atoms with Gasteiger partial charge in [-0.25, -0.2) is 0 Å². The van der Waals surface area contributed by atoms with E-state index in [9.17, 15) is 4.79 Å². The van der Waals surface area contributed by atoms with Gasteiger partial charge < -0.3 is 10.5 Å². The fraction of sp³-hybridized carbons (Fsp3) is 0.0909. The van der Waals surface area contributed by atoms with Gasteiger partial charge in [0.25, 0.3) is 0 Å². The standard InChI is InChI=1S/C11H12NO2.Y/c1-8(2)9-5-3-4-6-10(9)14-11(13)7-12;/h3-6H,1-2,7,12H2;/q-1;. The van der Waals surface area contributed by atoms with Crippen molar-refractivity contribution in [2.75, 3.05) is 6.54 Å². The maximum absolute atomic E-state index is 11.0. The van der Waals surface area contributed by atoms with E-state index >= 15 is 0 Å². The Morgan fingerprint density at radius 1 is 1.47 bits per heavy atom. The van der Waals surface area contributed by atoms with E-state index in [1.54, 1.807) is 18.2 Å². The van der Waals surface area contributed by atoms with Crippen LogP contribution in [0.15, 0.2) is 30.8 Å². The van der Waals surface area contributed by atoms with Crippen molar-refractivity contribution in [2.45, 2.75) is 0 Å². The summed E-state index contributed by atoms with van der Waals surface area (Å²) < 4.78 is 4.99. The maximum Gasteiger partial charge on any atom is 0.324 e. The first kappa shape index (κ1) is 14.4. The van der Waals surface area contributed by atoms with Crippen LogP contribution in [0.2, 0.25) is 0 Å². The molecule has 15 heavy (non-hydrogen) atoms. The Morgan fingerprint density at radius 3 is 2.60 bits per heavy atom. The predicted molar refractivity (Wildman–Crippen MR) is 55.5 cm³/mol. The van der Waals surface area contributed by atoms with Gasteiger partial charge >= 0.3 is 5.97 Å². The minimum Gasteiger partial charge on any atom is -0.438 e. The Kier molecular flexibility index (Phi) is 6.49. The van der Waals surface area contributed by atoms with Gasteiger partial charge in [0.2, 0.25) is 0 Å². The zero-order valence-corrected chi connectivity index (χ0v) is 11.2. The number of benzene rings is 1. The molecule has 2 N–H and O–H groups in total. The van der Waals surface area contributed by atoms with Crippen LogP contribution in [0.1, 0.15) is 5.56 Å². The molecule has 0 aliphatic rings. The fourth-order valence-corrected chi connectivity index (χ4v) is 1.01. The van der Waals surface area contributed by atoms with Crippen LogP contribution in [-0.2, 0) is 37.5 Å². The number of rotatable bonds is 3. The number of hydrogen-bond acceptors (Lipinski definition) is 3. The number of esters is 1. The van der Waals surface area contributed by atoms with Crippen LogP contribution in [0.4, 0.5) is 0 Å². The molecule has 77 valence electrons. The summed E-state index contributed by atoms with van der Waals surface area (Å²) in [5, 5.41) is 0. The molecule has 0 heterocycles. The molecule has 1 radical (unpaired) electrons. The zero-order valence-electron chi connectivity index (χ0n) is 8.40. The van der Waals surface area contributed by atoms with E-state index in [0.717, 1.165) is 0 Å². The Hall–Kier alpha value is -0.636. The Labute approximate surface area is 115 Å². The molecular weight excluding hydrogens is 267 g/mol. The van der Waals surface area contributed by atoms with Crippen LogP contribution in [0.5, 0.6) is 5.75 Å². The minimum atomic E-state index is -0.473. The van der Waals surface area contributed by atoms with Crippen LogP contribution >= 0.6 is 0 Å². The Morgan fingerprint density at radius 2 is 2.07 bits per heavy atom. The van der Waals surface area contributed by atoms with Gasteiger partial charge in [-0.15, -0.1) is 6.07 Å². The molecular formula is C11H12NO2Y-. The molecule has 1 rings (SSSR count). The van der Waals surface area contributed by atoms with E-state index in [1.165, 1.54) is 0 Å². The van der Waals surface area contributed by atoms with Crippen molar-refractivity contribution in [2.24, 2.45) is 5.73 Å². The zero-order chi connectivity index (χ0) is 10.6. The molecule has 4 heteroatoms. The number of carbonyl (C=O) groups excluding carboxylic acids is 1. The number of ether oxygens (including phenoxy) is 1. The van der Waals surface area contributed by atoms with Crippen molar-refractivity contribution in [3.8, 4) is 5.75 Å². The average molecular weight is 279 g/mol. The summed E-state index contributed by atoms with van der Waals surface area (Å²) in [5.74, 6) is -0.0262. The maximum atomic E-state index is 11.0. The SMILES string of the molecule is C=C([CH2-])c1ccccc1OC(=O)CN.[Y]. The molecule has 0 bridgehead atoms. The van der Waals surface area contributed by atoms with Crippen molar-refractivity contribution < 1.29 is 42.2 Å². The molecule has 0 fully saturated rings. The van der Waals surface area contributed by atoms with Gasteiger partial charge in [-0.3, -0.25) is 4.79 Å². The Bertz CT molecular complexity index is 363. The van der Waals surface area contributed by atoms with E-state index in [2.05, 4.69) is 13.5 Å². The first-order chi connectivity index (χ1) is 6.65. The Balaban J connectivity index is 0.00000196. The molecule has 0 unspecified atom stereocenters. The topological polar surface area (TPSA) is 52.3 Å². The fourth-order valence-electron chi connectivity index (χ4n) is 1.01. The van der Waals surface area contributed by atoms with Crippen molar-refractivity contribution >= 4 is 11.5 Å². The molecule has 0 spiro atoms. The predicted octanol–water partition coefficient (Wildman–Crippen LogP) is 1.40. The van der Waals surface area contributed by atoms with E-state index in [4.69, 9.17) is 10.5 Å². The molecule has 0 aliphatic carbocycles. The second kappa shape index (κ2) is 6.78. The van der Waals surface area contributed by atoms with Crippen LogP contribution in [0.3, 0.4) is 0 Å². The molecule has 0 amide bonds. The molecule has 0 atom stereocenters. The normalized spacial score (nSPS) is 8.87. The smallest absolute Gasteiger partial charge is 0.324 e. The second-order valence-corrected chi connectivity index (χ2v) is 2.78. The number of para-hydroxylation sites is 1. The number of carbonyl (C=O) groups is 1. The van der Waals surface area contributed by atoms with Gasteiger partial charge in [-0.05, 0) is 6.07 Å². The second-order valence-electron chi connectivity index (χ2n) is 2.78. The summed E-state index contributed by atoms with van der Waals surface area (Å²) in [6.07, 6.45) is 0. The van der Waals surface area contributed by atoms with Crippen molar-refractivity contribution in [1.29, 1.82) is 0 Å². The summed E-state index contributed by atoms with van der Waals surface area (Å²) in [4.78, 5) is 11.0. The molecule has 1 aromatic rings. The molecule has 0 saturated heterocycles. The van der Waals surface area contributed by atoms with Gasteiger partial charge in [0.1, 0.15) is 0 Å². The van der Waals surface area contributed by atoms with Crippen molar-refractivity contribution in [3.05, 3.63) is 43.3 Å².